The Morgan fingerprint density at radius 3 is 2.65 bits per heavy atom. The van der Waals surface area contributed by atoms with E-state index in [-0.39, 0.29) is 24.4 Å². The first-order chi connectivity index (χ1) is 9.08. The van der Waals surface area contributed by atoms with Gasteiger partial charge in [-0.25, -0.2) is 0 Å². The molecule has 1 aromatic heterocycles. The number of hydrogen-bond acceptors (Lipinski definition) is 2. The lowest BCUT2D eigenvalue weighted by atomic mass is 9.78. The molecule has 112 valence electrons. The molecule has 0 spiro atoms. The van der Waals surface area contributed by atoms with E-state index in [1.807, 2.05) is 35.6 Å². The minimum atomic E-state index is 0. The van der Waals surface area contributed by atoms with E-state index in [2.05, 4.69) is 0 Å². The van der Waals surface area contributed by atoms with Crippen molar-refractivity contribution in [1.82, 2.24) is 9.47 Å². The number of nitrogens with two attached hydrogens (primary N) is 1. The molecule has 0 aromatic carbocycles. The van der Waals surface area contributed by atoms with Crippen molar-refractivity contribution < 1.29 is 4.79 Å². The number of nitrogens with zero attached hydrogens (tertiary/aromatic N) is 2. The summed E-state index contributed by atoms with van der Waals surface area (Å²) >= 11 is 0. The average Bonchev–Trinajstić information content (AvgIpc) is 2.95. The highest BCUT2D eigenvalue weighted by Gasteiger charge is 2.40. The standard InChI is InChI=1S/C15H23N3O.ClH/c1-10-6-7-14(17(10)2)15(19)18-8-11-4-3-5-13(16)12(11)9-18;/h6-7,11-13H,3-5,8-9,16H2,1-2H3;1H. The number of rotatable bonds is 1. The Morgan fingerprint density at radius 2 is 2.05 bits per heavy atom. The fraction of sp³-hybridized carbons (Fsp3) is 0.667. The van der Waals surface area contributed by atoms with Gasteiger partial charge in [-0.05, 0) is 43.7 Å². The molecule has 0 bridgehead atoms. The summed E-state index contributed by atoms with van der Waals surface area (Å²) in [5, 5.41) is 0. The maximum Gasteiger partial charge on any atom is 0.270 e. The molecule has 3 rings (SSSR count). The second-order valence-electron chi connectivity index (χ2n) is 6.15. The van der Waals surface area contributed by atoms with Crippen molar-refractivity contribution in [2.75, 3.05) is 13.1 Å². The van der Waals surface area contributed by atoms with Crippen LogP contribution in [-0.4, -0.2) is 34.5 Å². The normalized spacial score (nSPS) is 28.9. The summed E-state index contributed by atoms with van der Waals surface area (Å²) in [5.74, 6) is 1.30. The highest BCUT2D eigenvalue weighted by atomic mass is 35.5. The molecule has 2 fully saturated rings. The van der Waals surface area contributed by atoms with Crippen LogP contribution in [0.2, 0.25) is 0 Å². The number of fused-ring (bicyclic) bond motifs is 1. The molecular formula is C15H24ClN3O. The number of aryl methyl sites for hydroxylation is 1. The van der Waals surface area contributed by atoms with Crippen LogP contribution in [0.15, 0.2) is 12.1 Å². The zero-order valence-corrected chi connectivity index (χ0v) is 13.0. The van der Waals surface area contributed by atoms with Gasteiger partial charge in [0.2, 0.25) is 0 Å². The van der Waals surface area contributed by atoms with Crippen molar-refractivity contribution in [3.05, 3.63) is 23.5 Å². The highest BCUT2D eigenvalue weighted by molar-refractivity contribution is 5.93. The van der Waals surface area contributed by atoms with Gasteiger partial charge in [-0.15, -0.1) is 12.4 Å². The van der Waals surface area contributed by atoms with Gasteiger partial charge in [-0.1, -0.05) is 6.42 Å². The molecule has 3 atom stereocenters. The first kappa shape index (κ1) is 15.4. The third-order valence-electron chi connectivity index (χ3n) is 5.03. The van der Waals surface area contributed by atoms with E-state index in [4.69, 9.17) is 5.73 Å². The summed E-state index contributed by atoms with van der Waals surface area (Å²) in [6.07, 6.45) is 3.56. The minimum absolute atomic E-state index is 0. The van der Waals surface area contributed by atoms with Gasteiger partial charge in [-0.3, -0.25) is 4.79 Å². The van der Waals surface area contributed by atoms with Gasteiger partial charge in [0.15, 0.2) is 0 Å². The lowest BCUT2D eigenvalue weighted by Crippen LogP contribution is -2.38. The summed E-state index contributed by atoms with van der Waals surface area (Å²) in [4.78, 5) is 14.6. The van der Waals surface area contributed by atoms with Crippen LogP contribution < -0.4 is 5.73 Å². The fourth-order valence-electron chi connectivity index (χ4n) is 3.67. The first-order valence-corrected chi connectivity index (χ1v) is 7.25. The number of amides is 1. The largest absolute Gasteiger partial charge is 0.344 e. The Kier molecular flexibility index (Phi) is 4.45. The Morgan fingerprint density at radius 1 is 1.30 bits per heavy atom. The Labute approximate surface area is 126 Å². The summed E-state index contributed by atoms with van der Waals surface area (Å²) in [6, 6.07) is 4.22. The molecule has 4 nitrogen and oxygen atoms in total. The third-order valence-corrected chi connectivity index (χ3v) is 5.03. The van der Waals surface area contributed by atoms with E-state index in [1.165, 1.54) is 12.8 Å². The fourth-order valence-corrected chi connectivity index (χ4v) is 3.67. The highest BCUT2D eigenvalue weighted by Crippen LogP contribution is 2.36. The van der Waals surface area contributed by atoms with Gasteiger partial charge in [0.25, 0.3) is 5.91 Å². The maximum atomic E-state index is 12.6. The van der Waals surface area contributed by atoms with Crippen molar-refractivity contribution in [2.24, 2.45) is 24.6 Å². The number of hydrogen-bond donors (Lipinski definition) is 1. The van der Waals surface area contributed by atoms with Gasteiger partial charge in [0.05, 0.1) is 0 Å². The number of likely N-dealkylation sites (tertiary alicyclic amines) is 1. The molecule has 1 aliphatic carbocycles. The van der Waals surface area contributed by atoms with Crippen LogP contribution in [0.1, 0.15) is 35.4 Å². The van der Waals surface area contributed by atoms with Gasteiger partial charge in [0.1, 0.15) is 5.69 Å². The van der Waals surface area contributed by atoms with Crippen LogP contribution in [0.25, 0.3) is 0 Å². The van der Waals surface area contributed by atoms with Gasteiger partial charge < -0.3 is 15.2 Å². The SMILES string of the molecule is Cc1ccc(C(=O)N2CC3CCCC(N)C3C2)n1C.Cl. The van der Waals surface area contributed by atoms with Crippen molar-refractivity contribution in [1.29, 1.82) is 0 Å². The second kappa shape index (κ2) is 5.78. The van der Waals surface area contributed by atoms with Crippen LogP contribution in [0.3, 0.4) is 0 Å². The number of halogens is 1. The Hall–Kier alpha value is -1.00. The molecule has 1 saturated heterocycles. The van der Waals surface area contributed by atoms with E-state index in [1.54, 1.807) is 0 Å². The van der Waals surface area contributed by atoms with E-state index in [0.29, 0.717) is 11.8 Å². The maximum absolute atomic E-state index is 12.6. The molecule has 1 saturated carbocycles. The topological polar surface area (TPSA) is 51.3 Å². The molecule has 1 amide bonds. The third kappa shape index (κ3) is 2.47. The van der Waals surface area contributed by atoms with Crippen LogP contribution in [0, 0.1) is 18.8 Å². The van der Waals surface area contributed by atoms with Crippen molar-refractivity contribution in [2.45, 2.75) is 32.2 Å². The molecule has 3 unspecified atom stereocenters. The lowest BCUT2D eigenvalue weighted by molar-refractivity contribution is 0.0774. The van der Waals surface area contributed by atoms with Crippen LogP contribution in [-0.2, 0) is 7.05 Å². The Bertz CT molecular complexity index is 499. The van der Waals surface area contributed by atoms with Gasteiger partial charge in [-0.2, -0.15) is 0 Å². The number of aromatic nitrogens is 1. The molecule has 5 heteroatoms. The van der Waals surface area contributed by atoms with Crippen molar-refractivity contribution >= 4 is 18.3 Å². The summed E-state index contributed by atoms with van der Waals surface area (Å²) in [6.45, 7) is 3.76. The predicted molar refractivity (Wildman–Crippen MR) is 82.1 cm³/mol. The quantitative estimate of drug-likeness (QED) is 0.861. The molecule has 1 aromatic rings. The molecular weight excluding hydrogens is 274 g/mol. The van der Waals surface area contributed by atoms with E-state index < -0.39 is 0 Å². The second-order valence-corrected chi connectivity index (χ2v) is 6.15. The average molecular weight is 298 g/mol. The van der Waals surface area contributed by atoms with Crippen molar-refractivity contribution in [3.8, 4) is 0 Å². The first-order valence-electron chi connectivity index (χ1n) is 7.25. The van der Waals surface area contributed by atoms with Gasteiger partial charge >= 0.3 is 0 Å². The molecule has 20 heavy (non-hydrogen) atoms. The smallest absolute Gasteiger partial charge is 0.270 e. The van der Waals surface area contributed by atoms with E-state index >= 15 is 0 Å². The number of carbonyl (C=O) groups is 1. The van der Waals surface area contributed by atoms with Crippen LogP contribution >= 0.6 is 12.4 Å². The zero-order chi connectivity index (χ0) is 13.6. The molecule has 1 aliphatic heterocycles. The summed E-state index contributed by atoms with van der Waals surface area (Å²) < 4.78 is 1.98. The molecule has 2 heterocycles. The van der Waals surface area contributed by atoms with E-state index in [9.17, 15) is 4.79 Å². The zero-order valence-electron chi connectivity index (χ0n) is 12.2. The lowest BCUT2D eigenvalue weighted by Gasteiger charge is -2.29. The number of carbonyl (C=O) groups excluding carboxylic acids is 1. The van der Waals surface area contributed by atoms with E-state index in [0.717, 1.165) is 30.9 Å². The summed E-state index contributed by atoms with van der Waals surface area (Å²) in [7, 11) is 1.96. The minimum Gasteiger partial charge on any atom is -0.344 e. The van der Waals surface area contributed by atoms with Gasteiger partial charge in [0, 0.05) is 31.9 Å². The molecule has 0 radical (unpaired) electrons. The predicted octanol–water partition coefficient (Wildman–Crippen LogP) is 1.95. The molecule has 2 N–H and O–H groups in total. The van der Waals surface area contributed by atoms with Crippen LogP contribution in [0.4, 0.5) is 0 Å². The Balaban J connectivity index is 0.00000147. The summed E-state index contributed by atoms with van der Waals surface area (Å²) in [5.41, 5.74) is 8.13. The monoisotopic (exact) mass is 297 g/mol. The van der Waals surface area contributed by atoms with Crippen molar-refractivity contribution in [3.63, 3.8) is 0 Å². The van der Waals surface area contributed by atoms with Crippen LogP contribution in [0.5, 0.6) is 0 Å². The molecule has 2 aliphatic rings.